The molecular formula is C8H8N6. The van der Waals surface area contributed by atoms with E-state index in [0.717, 1.165) is 17.9 Å². The first-order valence-corrected chi connectivity index (χ1v) is 4.26. The Hall–Kier alpha value is -2.11. The molecule has 6 heteroatoms. The highest BCUT2D eigenvalue weighted by Crippen LogP contribution is 2.21. The van der Waals surface area contributed by atoms with Crippen molar-refractivity contribution in [2.24, 2.45) is 4.99 Å². The molecule has 2 aliphatic heterocycles. The number of nitrogens with zero attached hydrogens (tertiary/aromatic N) is 3. The lowest BCUT2D eigenvalue weighted by atomic mass is 10.2. The number of H-pyrrole nitrogens is 1. The quantitative estimate of drug-likeness (QED) is 0.537. The van der Waals surface area contributed by atoms with E-state index in [0.29, 0.717) is 11.8 Å². The van der Waals surface area contributed by atoms with E-state index in [-0.39, 0.29) is 0 Å². The number of guanidine groups is 1. The molecule has 14 heavy (non-hydrogen) atoms. The van der Waals surface area contributed by atoms with Gasteiger partial charge in [-0.15, -0.1) is 0 Å². The molecule has 0 saturated carbocycles. The average Bonchev–Trinajstić information content (AvgIpc) is 2.67. The third kappa shape index (κ3) is 0.819. The third-order valence-corrected chi connectivity index (χ3v) is 2.24. The van der Waals surface area contributed by atoms with Gasteiger partial charge in [-0.05, 0) is 6.08 Å². The van der Waals surface area contributed by atoms with Crippen molar-refractivity contribution in [1.82, 2.24) is 15.5 Å². The maximum atomic E-state index is 7.71. The van der Waals surface area contributed by atoms with Gasteiger partial charge in [0.2, 0.25) is 5.96 Å². The lowest BCUT2D eigenvalue weighted by molar-refractivity contribution is 0.973. The van der Waals surface area contributed by atoms with Gasteiger partial charge >= 0.3 is 0 Å². The van der Waals surface area contributed by atoms with Crippen molar-refractivity contribution in [1.29, 1.82) is 5.41 Å². The van der Waals surface area contributed by atoms with E-state index in [2.05, 4.69) is 20.5 Å². The van der Waals surface area contributed by atoms with Crippen molar-refractivity contribution in [3.63, 3.8) is 0 Å². The number of amidine groups is 1. The predicted octanol–water partition coefficient (Wildman–Crippen LogP) is 0.0280. The van der Waals surface area contributed by atoms with E-state index in [1.165, 1.54) is 0 Å². The van der Waals surface area contributed by atoms with Crippen LogP contribution in [0.25, 0.3) is 0 Å². The Kier molecular flexibility index (Phi) is 1.27. The number of rotatable bonds is 0. The number of nitrogens with one attached hydrogen (secondary N) is 3. The van der Waals surface area contributed by atoms with Gasteiger partial charge in [-0.25, -0.2) is 4.99 Å². The van der Waals surface area contributed by atoms with Crippen LogP contribution < -0.4 is 10.2 Å². The highest BCUT2D eigenvalue weighted by Gasteiger charge is 2.27. The fourth-order valence-corrected chi connectivity index (χ4v) is 1.58. The Labute approximate surface area is 79.8 Å². The van der Waals surface area contributed by atoms with Crippen LogP contribution in [0.4, 0.5) is 5.82 Å². The van der Waals surface area contributed by atoms with Gasteiger partial charge in [-0.2, -0.15) is 5.10 Å². The number of fused-ring (bicyclic) bond motifs is 3. The van der Waals surface area contributed by atoms with Crippen LogP contribution in [0.1, 0.15) is 5.56 Å². The summed E-state index contributed by atoms with van der Waals surface area (Å²) in [5.74, 6) is 1.84. The number of hydrogen-bond acceptors (Lipinski definition) is 4. The van der Waals surface area contributed by atoms with E-state index in [9.17, 15) is 0 Å². The van der Waals surface area contributed by atoms with Gasteiger partial charge in [0.25, 0.3) is 0 Å². The Morgan fingerprint density at radius 1 is 1.50 bits per heavy atom. The summed E-state index contributed by atoms with van der Waals surface area (Å²) in [6.07, 6.45) is 5.32. The minimum Gasteiger partial charge on any atom is -0.310 e. The standard InChI is InChI=1S/C8H8N6/c9-6-5-4-11-13-7(5)14-3-1-2-10-8(14)12-6/h1-2,4H,3H2,(H,11,13)(H2,9,10,12). The minimum absolute atomic E-state index is 0.332. The van der Waals surface area contributed by atoms with Crippen molar-refractivity contribution in [3.05, 3.63) is 24.0 Å². The maximum absolute atomic E-state index is 7.71. The summed E-state index contributed by atoms with van der Waals surface area (Å²) in [6, 6.07) is 0. The zero-order valence-corrected chi connectivity index (χ0v) is 7.28. The molecule has 0 aliphatic carbocycles. The average molecular weight is 188 g/mol. The number of anilines is 1. The Morgan fingerprint density at radius 3 is 3.36 bits per heavy atom. The first kappa shape index (κ1) is 7.31. The van der Waals surface area contributed by atoms with Gasteiger partial charge in [0.1, 0.15) is 11.7 Å². The smallest absolute Gasteiger partial charge is 0.210 e. The first-order valence-electron chi connectivity index (χ1n) is 4.26. The van der Waals surface area contributed by atoms with E-state index in [1.807, 2.05) is 11.0 Å². The predicted molar refractivity (Wildman–Crippen MR) is 52.5 cm³/mol. The summed E-state index contributed by atoms with van der Waals surface area (Å²) >= 11 is 0. The number of aromatic amines is 1. The normalized spacial score (nSPS) is 18.4. The van der Waals surface area contributed by atoms with Gasteiger partial charge in [0.15, 0.2) is 0 Å². The van der Waals surface area contributed by atoms with Gasteiger partial charge in [-0.3, -0.25) is 15.4 Å². The molecule has 0 unspecified atom stereocenters. The van der Waals surface area contributed by atoms with Crippen molar-refractivity contribution >= 4 is 17.6 Å². The third-order valence-electron chi connectivity index (χ3n) is 2.24. The Morgan fingerprint density at radius 2 is 2.43 bits per heavy atom. The van der Waals surface area contributed by atoms with Gasteiger partial charge in [0, 0.05) is 12.7 Å². The maximum Gasteiger partial charge on any atom is 0.210 e. The highest BCUT2D eigenvalue weighted by atomic mass is 15.4. The molecule has 0 atom stereocenters. The van der Waals surface area contributed by atoms with E-state index < -0.39 is 0 Å². The topological polar surface area (TPSA) is 80.2 Å². The minimum atomic E-state index is 0.332. The van der Waals surface area contributed by atoms with Crippen molar-refractivity contribution in [3.8, 4) is 0 Å². The first-order chi connectivity index (χ1) is 6.86. The molecule has 0 bridgehead atoms. The Bertz CT molecular complexity index is 454. The Balaban J connectivity index is 2.17. The molecule has 0 spiro atoms. The molecule has 2 aliphatic rings. The molecule has 6 nitrogen and oxygen atoms in total. The SMILES string of the molecule is N=C1NC2=NC=CCN2c2[nH]ncc21. The summed E-state index contributed by atoms with van der Waals surface area (Å²) in [4.78, 5) is 6.09. The second kappa shape index (κ2) is 2.44. The van der Waals surface area contributed by atoms with Crippen LogP contribution in [0.3, 0.4) is 0 Å². The van der Waals surface area contributed by atoms with Crippen LogP contribution in [-0.2, 0) is 0 Å². The fourth-order valence-electron chi connectivity index (χ4n) is 1.58. The number of aliphatic imine (C=N–C) groups is 1. The zero-order chi connectivity index (χ0) is 9.54. The van der Waals surface area contributed by atoms with Crippen LogP contribution in [0.2, 0.25) is 0 Å². The van der Waals surface area contributed by atoms with Gasteiger partial charge in [0.05, 0.1) is 11.8 Å². The van der Waals surface area contributed by atoms with Crippen molar-refractivity contribution in [2.45, 2.75) is 0 Å². The lowest BCUT2D eigenvalue weighted by Crippen LogP contribution is -2.50. The fraction of sp³-hybridized carbons (Fsp3) is 0.125. The molecule has 1 aromatic heterocycles. The largest absolute Gasteiger partial charge is 0.310 e. The van der Waals surface area contributed by atoms with Crippen LogP contribution >= 0.6 is 0 Å². The molecule has 70 valence electrons. The molecular weight excluding hydrogens is 180 g/mol. The van der Waals surface area contributed by atoms with Gasteiger partial charge < -0.3 is 5.32 Å². The summed E-state index contributed by atoms with van der Waals surface area (Å²) < 4.78 is 0. The summed E-state index contributed by atoms with van der Waals surface area (Å²) in [7, 11) is 0. The van der Waals surface area contributed by atoms with Crippen LogP contribution in [0.15, 0.2) is 23.5 Å². The van der Waals surface area contributed by atoms with E-state index in [4.69, 9.17) is 5.41 Å². The summed E-state index contributed by atoms with van der Waals surface area (Å²) in [5.41, 5.74) is 0.777. The molecule has 0 amide bonds. The molecule has 1 aromatic rings. The molecule has 3 N–H and O–H groups in total. The van der Waals surface area contributed by atoms with E-state index in [1.54, 1.807) is 12.4 Å². The van der Waals surface area contributed by atoms with Gasteiger partial charge in [-0.1, -0.05) is 0 Å². The molecule has 3 rings (SSSR count). The number of aromatic nitrogens is 2. The van der Waals surface area contributed by atoms with Crippen molar-refractivity contribution < 1.29 is 0 Å². The summed E-state index contributed by atoms with van der Waals surface area (Å²) in [6.45, 7) is 0.744. The second-order valence-corrected chi connectivity index (χ2v) is 3.08. The zero-order valence-electron chi connectivity index (χ0n) is 7.28. The summed E-state index contributed by atoms with van der Waals surface area (Å²) in [5, 5.41) is 17.4. The second-order valence-electron chi connectivity index (χ2n) is 3.08. The highest BCUT2D eigenvalue weighted by molar-refractivity contribution is 6.19. The van der Waals surface area contributed by atoms with Crippen LogP contribution in [0, 0.1) is 5.41 Å². The molecule has 3 heterocycles. The molecule has 0 aromatic carbocycles. The molecule has 0 radical (unpaired) electrons. The molecule has 0 fully saturated rings. The van der Waals surface area contributed by atoms with Crippen LogP contribution in [0.5, 0.6) is 0 Å². The van der Waals surface area contributed by atoms with Crippen LogP contribution in [-0.4, -0.2) is 28.5 Å². The number of hydrogen-bond donors (Lipinski definition) is 3. The lowest BCUT2D eigenvalue weighted by Gasteiger charge is -2.30. The molecule has 0 saturated heterocycles. The monoisotopic (exact) mass is 188 g/mol. The van der Waals surface area contributed by atoms with E-state index >= 15 is 0 Å². The van der Waals surface area contributed by atoms with Crippen molar-refractivity contribution in [2.75, 3.05) is 11.4 Å².